The minimum atomic E-state index is -0.321. The summed E-state index contributed by atoms with van der Waals surface area (Å²) < 4.78 is 5.57. The van der Waals surface area contributed by atoms with Crippen molar-refractivity contribution in [1.29, 1.82) is 0 Å². The molecule has 3 rings (SSSR count). The molecule has 0 aliphatic heterocycles. The van der Waals surface area contributed by atoms with Crippen molar-refractivity contribution < 1.29 is 9.21 Å². The SMILES string of the molecule is Nc1ccc(C(=O)N/N=c2\ccc3ccccc3o2)cc1. The molecule has 1 aromatic heterocycles. The average Bonchev–Trinajstić information content (AvgIpc) is 2.53. The molecule has 0 aliphatic rings. The Morgan fingerprint density at radius 2 is 1.76 bits per heavy atom. The first-order valence-electron chi connectivity index (χ1n) is 6.41. The Kier molecular flexibility index (Phi) is 3.39. The van der Waals surface area contributed by atoms with Crippen LogP contribution in [0.4, 0.5) is 5.69 Å². The number of anilines is 1. The zero-order chi connectivity index (χ0) is 14.7. The second-order valence-electron chi connectivity index (χ2n) is 4.49. The Morgan fingerprint density at radius 3 is 2.57 bits per heavy atom. The van der Waals surface area contributed by atoms with Crippen LogP contribution in [0.5, 0.6) is 0 Å². The molecule has 0 radical (unpaired) electrons. The Labute approximate surface area is 120 Å². The Morgan fingerprint density at radius 1 is 1.00 bits per heavy atom. The third-order valence-corrected chi connectivity index (χ3v) is 2.98. The van der Waals surface area contributed by atoms with Crippen LogP contribution in [0, 0.1) is 0 Å². The number of hydrogen-bond acceptors (Lipinski definition) is 4. The molecule has 3 N–H and O–H groups in total. The number of rotatable bonds is 2. The summed E-state index contributed by atoms with van der Waals surface area (Å²) in [6.45, 7) is 0. The lowest BCUT2D eigenvalue weighted by Gasteiger charge is -2.00. The first-order chi connectivity index (χ1) is 10.2. The summed E-state index contributed by atoms with van der Waals surface area (Å²) >= 11 is 0. The van der Waals surface area contributed by atoms with Gasteiger partial charge in [-0.3, -0.25) is 4.79 Å². The van der Waals surface area contributed by atoms with Crippen LogP contribution in [0.25, 0.3) is 11.0 Å². The average molecular weight is 279 g/mol. The lowest BCUT2D eigenvalue weighted by Crippen LogP contribution is -2.20. The molecule has 104 valence electrons. The van der Waals surface area contributed by atoms with Crippen molar-refractivity contribution in [2.24, 2.45) is 5.10 Å². The predicted octanol–water partition coefficient (Wildman–Crippen LogP) is 2.26. The standard InChI is InChI=1S/C16H13N3O2/c17-13-8-5-12(6-9-13)16(20)19-18-15-10-7-11-3-1-2-4-14(11)21-15/h1-10H,17H2,(H,19,20)/b18-15+. The number of carbonyl (C=O) groups excluding carboxylic acids is 1. The highest BCUT2D eigenvalue weighted by atomic mass is 16.3. The van der Waals surface area contributed by atoms with Crippen molar-refractivity contribution in [3.63, 3.8) is 0 Å². The highest BCUT2D eigenvalue weighted by Crippen LogP contribution is 2.09. The second-order valence-corrected chi connectivity index (χ2v) is 4.49. The van der Waals surface area contributed by atoms with E-state index in [1.165, 1.54) is 0 Å². The van der Waals surface area contributed by atoms with Crippen molar-refractivity contribution in [3.05, 3.63) is 71.8 Å². The monoisotopic (exact) mass is 279 g/mol. The van der Waals surface area contributed by atoms with Crippen molar-refractivity contribution in [2.45, 2.75) is 0 Å². The van der Waals surface area contributed by atoms with E-state index in [4.69, 9.17) is 10.2 Å². The number of fused-ring (bicyclic) bond motifs is 1. The first kappa shape index (κ1) is 12.9. The van der Waals surface area contributed by atoms with Crippen molar-refractivity contribution in [3.8, 4) is 0 Å². The molecule has 0 bridgehead atoms. The van der Waals surface area contributed by atoms with Gasteiger partial charge >= 0.3 is 0 Å². The summed E-state index contributed by atoms with van der Waals surface area (Å²) in [7, 11) is 0. The van der Waals surface area contributed by atoms with Crippen LogP contribution in [-0.4, -0.2) is 5.91 Å². The first-order valence-corrected chi connectivity index (χ1v) is 6.41. The van der Waals surface area contributed by atoms with Crippen molar-refractivity contribution >= 4 is 22.6 Å². The van der Waals surface area contributed by atoms with Gasteiger partial charge in [-0.2, -0.15) is 0 Å². The van der Waals surface area contributed by atoms with Crippen LogP contribution < -0.4 is 16.7 Å². The minimum absolute atomic E-state index is 0.321. The van der Waals surface area contributed by atoms with Gasteiger partial charge in [0.2, 0.25) is 5.55 Å². The summed E-state index contributed by atoms with van der Waals surface area (Å²) in [4.78, 5) is 11.9. The fourth-order valence-electron chi connectivity index (χ4n) is 1.88. The predicted molar refractivity (Wildman–Crippen MR) is 80.1 cm³/mol. The number of carbonyl (C=O) groups is 1. The van der Waals surface area contributed by atoms with Gasteiger partial charge in [-0.25, -0.2) is 5.43 Å². The molecule has 5 nitrogen and oxygen atoms in total. The molecule has 2 aromatic carbocycles. The van der Waals surface area contributed by atoms with E-state index in [2.05, 4.69) is 10.5 Å². The maximum absolute atomic E-state index is 11.9. The Hall–Kier alpha value is -3.08. The zero-order valence-electron chi connectivity index (χ0n) is 11.1. The van der Waals surface area contributed by atoms with Crippen molar-refractivity contribution in [1.82, 2.24) is 5.43 Å². The number of nitrogens with two attached hydrogens (primary N) is 1. The zero-order valence-corrected chi connectivity index (χ0v) is 11.1. The number of para-hydroxylation sites is 1. The molecule has 21 heavy (non-hydrogen) atoms. The highest BCUT2D eigenvalue weighted by Gasteiger charge is 2.03. The highest BCUT2D eigenvalue weighted by molar-refractivity contribution is 5.94. The smallest absolute Gasteiger partial charge is 0.271 e. The van der Waals surface area contributed by atoms with Crippen LogP contribution in [0.1, 0.15) is 10.4 Å². The van der Waals surface area contributed by atoms with E-state index < -0.39 is 0 Å². The number of amides is 1. The largest absolute Gasteiger partial charge is 0.437 e. The van der Waals surface area contributed by atoms with Gasteiger partial charge in [0.25, 0.3) is 5.91 Å². The molecule has 0 saturated heterocycles. The van der Waals surface area contributed by atoms with E-state index in [-0.39, 0.29) is 5.91 Å². The molecule has 0 spiro atoms. The molecule has 3 aromatic rings. The molecule has 0 unspecified atom stereocenters. The normalized spacial score (nSPS) is 11.5. The van der Waals surface area contributed by atoms with Gasteiger partial charge in [-0.1, -0.05) is 18.2 Å². The van der Waals surface area contributed by atoms with E-state index >= 15 is 0 Å². The Bertz CT molecular complexity index is 851. The lowest BCUT2D eigenvalue weighted by molar-refractivity contribution is 0.0951. The van der Waals surface area contributed by atoms with Crippen molar-refractivity contribution in [2.75, 3.05) is 5.73 Å². The van der Waals surface area contributed by atoms with E-state index in [1.807, 2.05) is 30.3 Å². The van der Waals surface area contributed by atoms with Gasteiger partial charge in [0, 0.05) is 22.7 Å². The summed E-state index contributed by atoms with van der Waals surface area (Å²) in [5.41, 5.74) is 10.2. The summed E-state index contributed by atoms with van der Waals surface area (Å²) in [6, 6.07) is 17.8. The van der Waals surface area contributed by atoms with Crippen LogP contribution in [-0.2, 0) is 0 Å². The second kappa shape index (κ2) is 5.50. The third kappa shape index (κ3) is 2.92. The number of benzene rings is 2. The van der Waals surface area contributed by atoms with Gasteiger partial charge in [0.1, 0.15) is 5.58 Å². The van der Waals surface area contributed by atoms with Gasteiger partial charge in [-0.15, -0.1) is 5.10 Å². The van der Waals surface area contributed by atoms with Crippen LogP contribution >= 0.6 is 0 Å². The fraction of sp³-hybridized carbons (Fsp3) is 0. The topological polar surface area (TPSA) is 80.6 Å². The lowest BCUT2D eigenvalue weighted by atomic mass is 10.2. The van der Waals surface area contributed by atoms with Crippen LogP contribution in [0.15, 0.2) is 70.2 Å². The summed E-state index contributed by atoms with van der Waals surface area (Å²) in [5.74, 6) is -0.321. The summed E-state index contributed by atoms with van der Waals surface area (Å²) in [5, 5.41) is 4.93. The molecule has 5 heteroatoms. The maximum Gasteiger partial charge on any atom is 0.271 e. The van der Waals surface area contributed by atoms with Gasteiger partial charge in [0.15, 0.2) is 0 Å². The molecule has 1 heterocycles. The van der Waals surface area contributed by atoms with Gasteiger partial charge < -0.3 is 10.2 Å². The third-order valence-electron chi connectivity index (χ3n) is 2.98. The molecule has 0 aliphatic carbocycles. The molecular formula is C16H13N3O2. The number of nitrogens with one attached hydrogen (secondary N) is 1. The molecular weight excluding hydrogens is 266 g/mol. The van der Waals surface area contributed by atoms with Gasteiger partial charge in [-0.05, 0) is 36.4 Å². The van der Waals surface area contributed by atoms with E-state index in [9.17, 15) is 4.79 Å². The molecule has 0 saturated carbocycles. The fourth-order valence-corrected chi connectivity index (χ4v) is 1.88. The maximum atomic E-state index is 11.9. The molecule has 0 atom stereocenters. The summed E-state index contributed by atoms with van der Waals surface area (Å²) in [6.07, 6.45) is 0. The quantitative estimate of drug-likeness (QED) is 0.557. The van der Waals surface area contributed by atoms with Crippen LogP contribution in [0.3, 0.4) is 0 Å². The van der Waals surface area contributed by atoms with E-state index in [0.29, 0.717) is 22.4 Å². The van der Waals surface area contributed by atoms with Crippen LogP contribution in [0.2, 0.25) is 0 Å². The minimum Gasteiger partial charge on any atom is -0.437 e. The molecule has 0 fully saturated rings. The number of nitrogens with zero attached hydrogens (tertiary/aromatic N) is 1. The van der Waals surface area contributed by atoms with Gasteiger partial charge in [0.05, 0.1) is 0 Å². The molecule has 1 amide bonds. The van der Waals surface area contributed by atoms with E-state index in [0.717, 1.165) is 5.39 Å². The number of hydrogen-bond donors (Lipinski definition) is 2. The Balaban J connectivity index is 1.83. The van der Waals surface area contributed by atoms with E-state index in [1.54, 1.807) is 30.3 Å². The number of nitrogen functional groups attached to an aromatic ring is 1.